The molecule has 0 aliphatic heterocycles. The van der Waals surface area contributed by atoms with E-state index in [0.29, 0.717) is 11.1 Å². The predicted octanol–water partition coefficient (Wildman–Crippen LogP) is 29.4. The Morgan fingerprint density at radius 2 is 0.351 bits per heavy atom. The molecule has 4 aromatic heterocycles. The van der Waals surface area contributed by atoms with Crippen molar-refractivity contribution in [3.05, 3.63) is 436 Å². The lowest BCUT2D eigenvalue weighted by Crippen LogP contribution is -1.95. The number of para-hydroxylation sites is 4. The van der Waals surface area contributed by atoms with Crippen LogP contribution in [-0.2, 0) is 0 Å². The van der Waals surface area contributed by atoms with E-state index >= 15 is 0 Å². The molecule has 0 aliphatic rings. The molecule has 0 amide bonds. The highest BCUT2D eigenvalue weighted by molar-refractivity contribution is 6.14. The SMILES string of the molecule is Fc1ccccc1-c1ccc2c(c1)c1ccccc1n2-c1ccc(-c2ccc(-n3c4ccccc4c4cc(-c5ccccc5F)ccc43)cc2)cc1.c1ccc(-c2ccccc2-c2ccc3c4ccccc4n(-c4ccc(-c5ccc(-n6c7ccccc7c7ccc(-c8ccccc8-c8ccccc8)cc76)cc5)cc4)c3c2)cc1. The molecular weight excluding hydrogens is 1390 g/mol. The molecule has 22 aromatic rings. The van der Waals surface area contributed by atoms with Crippen LogP contribution in [0.3, 0.4) is 0 Å². The molecule has 0 bridgehead atoms. The van der Waals surface area contributed by atoms with Gasteiger partial charge < -0.3 is 18.3 Å². The van der Waals surface area contributed by atoms with Gasteiger partial charge in [0.1, 0.15) is 11.6 Å². The monoisotopic (exact) mass is 1460 g/mol. The van der Waals surface area contributed by atoms with E-state index in [1.807, 2.05) is 36.4 Å². The van der Waals surface area contributed by atoms with E-state index in [9.17, 15) is 8.78 Å². The molecular formula is C108H70F2N4. The third kappa shape index (κ3) is 11.7. The van der Waals surface area contributed by atoms with E-state index in [1.165, 1.54) is 111 Å². The molecule has 0 radical (unpaired) electrons. The Labute approximate surface area is 658 Å². The molecule has 18 aromatic carbocycles. The molecule has 0 saturated carbocycles. The summed E-state index contributed by atoms with van der Waals surface area (Å²) in [6.07, 6.45) is 0. The maximum absolute atomic E-state index is 14.7. The molecule has 0 N–H and O–H groups in total. The van der Waals surface area contributed by atoms with E-state index in [1.54, 1.807) is 12.1 Å². The van der Waals surface area contributed by atoms with Crippen molar-refractivity contribution in [2.45, 2.75) is 0 Å². The summed E-state index contributed by atoms with van der Waals surface area (Å²) in [5, 5.41) is 9.43. The third-order valence-corrected chi connectivity index (χ3v) is 22.9. The number of benzene rings is 18. The number of fused-ring (bicyclic) bond motifs is 12. The second-order valence-electron chi connectivity index (χ2n) is 29.3. The van der Waals surface area contributed by atoms with Gasteiger partial charge in [0.05, 0.1) is 44.1 Å². The van der Waals surface area contributed by atoms with E-state index in [2.05, 4.69) is 382 Å². The lowest BCUT2D eigenvalue weighted by Gasteiger charge is -2.13. The second-order valence-corrected chi connectivity index (χ2v) is 29.3. The molecule has 536 valence electrons. The van der Waals surface area contributed by atoms with E-state index in [4.69, 9.17) is 0 Å². The summed E-state index contributed by atoms with van der Waals surface area (Å²) < 4.78 is 38.8. The van der Waals surface area contributed by atoms with E-state index in [-0.39, 0.29) is 11.6 Å². The normalized spacial score (nSPS) is 11.6. The van der Waals surface area contributed by atoms with Gasteiger partial charge in [-0.3, -0.25) is 0 Å². The number of hydrogen-bond acceptors (Lipinski definition) is 0. The fraction of sp³-hybridized carbons (Fsp3) is 0. The fourth-order valence-electron chi connectivity index (χ4n) is 17.5. The highest BCUT2D eigenvalue weighted by Crippen LogP contribution is 2.44. The Hall–Kier alpha value is -15.0. The van der Waals surface area contributed by atoms with Gasteiger partial charge in [0, 0.05) is 77.0 Å². The smallest absolute Gasteiger partial charge is 0.131 e. The van der Waals surface area contributed by atoms with Gasteiger partial charge in [0.15, 0.2) is 0 Å². The predicted molar refractivity (Wildman–Crippen MR) is 474 cm³/mol. The van der Waals surface area contributed by atoms with Crippen LogP contribution in [0.1, 0.15) is 0 Å². The van der Waals surface area contributed by atoms with Gasteiger partial charge in [0.2, 0.25) is 0 Å². The molecule has 0 unspecified atom stereocenters. The van der Waals surface area contributed by atoms with Gasteiger partial charge in [-0.1, -0.05) is 303 Å². The van der Waals surface area contributed by atoms with Crippen molar-refractivity contribution in [3.8, 4) is 112 Å². The van der Waals surface area contributed by atoms with Gasteiger partial charge in [-0.05, 0) is 199 Å². The molecule has 0 aliphatic carbocycles. The molecule has 0 atom stereocenters. The first kappa shape index (κ1) is 67.2. The van der Waals surface area contributed by atoms with Crippen LogP contribution in [-0.4, -0.2) is 18.3 Å². The summed E-state index contributed by atoms with van der Waals surface area (Å²) in [6.45, 7) is 0. The summed E-state index contributed by atoms with van der Waals surface area (Å²) >= 11 is 0. The summed E-state index contributed by atoms with van der Waals surface area (Å²) in [7, 11) is 0. The van der Waals surface area contributed by atoms with Gasteiger partial charge >= 0.3 is 0 Å². The van der Waals surface area contributed by atoms with Crippen molar-refractivity contribution >= 4 is 87.2 Å². The second kappa shape index (κ2) is 28.2. The Bertz CT molecular complexity index is 7000. The minimum atomic E-state index is -0.223. The summed E-state index contributed by atoms with van der Waals surface area (Å²) in [5.74, 6) is -0.445. The van der Waals surface area contributed by atoms with E-state index in [0.717, 1.165) is 88.6 Å². The van der Waals surface area contributed by atoms with Crippen LogP contribution in [0.25, 0.3) is 199 Å². The highest BCUT2D eigenvalue weighted by atomic mass is 19.1. The summed E-state index contributed by atoms with van der Waals surface area (Å²) in [6, 6.07) is 149. The number of halogens is 2. The Balaban J connectivity index is 0.000000145. The molecule has 0 fully saturated rings. The summed E-state index contributed by atoms with van der Waals surface area (Å²) in [4.78, 5) is 0. The molecule has 4 heterocycles. The Morgan fingerprint density at radius 1 is 0.132 bits per heavy atom. The Morgan fingerprint density at radius 3 is 0.675 bits per heavy atom. The maximum Gasteiger partial charge on any atom is 0.131 e. The minimum absolute atomic E-state index is 0.223. The molecule has 0 saturated heterocycles. The topological polar surface area (TPSA) is 19.7 Å². The lowest BCUT2D eigenvalue weighted by molar-refractivity contribution is 0.631. The molecule has 4 nitrogen and oxygen atoms in total. The van der Waals surface area contributed by atoms with Crippen molar-refractivity contribution in [2.75, 3.05) is 0 Å². The summed E-state index contributed by atoms with van der Waals surface area (Å²) in [5.41, 5.74) is 30.8. The first-order valence-corrected chi connectivity index (χ1v) is 38.7. The van der Waals surface area contributed by atoms with Crippen LogP contribution in [0.4, 0.5) is 8.78 Å². The first-order chi connectivity index (χ1) is 56.4. The van der Waals surface area contributed by atoms with Crippen LogP contribution in [0.2, 0.25) is 0 Å². The van der Waals surface area contributed by atoms with Crippen LogP contribution < -0.4 is 0 Å². The molecule has 0 spiro atoms. The quantitative estimate of drug-likeness (QED) is 0.116. The maximum atomic E-state index is 14.7. The van der Waals surface area contributed by atoms with Crippen LogP contribution in [0.15, 0.2) is 425 Å². The first-order valence-electron chi connectivity index (χ1n) is 38.7. The number of hydrogen-bond donors (Lipinski definition) is 0. The fourth-order valence-corrected chi connectivity index (χ4v) is 17.5. The van der Waals surface area contributed by atoms with Crippen molar-refractivity contribution in [3.63, 3.8) is 0 Å². The molecule has 6 heteroatoms. The number of nitrogens with zero attached hydrogens (tertiary/aromatic N) is 4. The zero-order valence-corrected chi connectivity index (χ0v) is 62.0. The minimum Gasteiger partial charge on any atom is -0.309 e. The Kier molecular flexibility index (Phi) is 16.6. The van der Waals surface area contributed by atoms with Crippen LogP contribution in [0.5, 0.6) is 0 Å². The average Bonchev–Trinajstić information content (AvgIpc) is 1.60. The van der Waals surface area contributed by atoms with E-state index < -0.39 is 0 Å². The number of aromatic nitrogens is 4. The van der Waals surface area contributed by atoms with Crippen molar-refractivity contribution < 1.29 is 8.78 Å². The van der Waals surface area contributed by atoms with Crippen molar-refractivity contribution in [1.29, 1.82) is 0 Å². The van der Waals surface area contributed by atoms with Gasteiger partial charge in [0.25, 0.3) is 0 Å². The zero-order valence-electron chi connectivity index (χ0n) is 62.0. The van der Waals surface area contributed by atoms with Crippen LogP contribution in [0, 0.1) is 11.6 Å². The van der Waals surface area contributed by atoms with Gasteiger partial charge in [-0.25, -0.2) is 8.78 Å². The van der Waals surface area contributed by atoms with Crippen LogP contribution >= 0.6 is 0 Å². The van der Waals surface area contributed by atoms with Crippen molar-refractivity contribution in [1.82, 2.24) is 18.3 Å². The number of rotatable bonds is 12. The highest BCUT2D eigenvalue weighted by Gasteiger charge is 2.21. The van der Waals surface area contributed by atoms with Gasteiger partial charge in [-0.2, -0.15) is 0 Å². The van der Waals surface area contributed by atoms with Gasteiger partial charge in [-0.15, -0.1) is 0 Å². The third-order valence-electron chi connectivity index (χ3n) is 22.9. The average molecular weight is 1460 g/mol. The molecule has 114 heavy (non-hydrogen) atoms. The lowest BCUT2D eigenvalue weighted by atomic mass is 9.94. The largest absolute Gasteiger partial charge is 0.309 e. The standard InChI is InChI=1S/C60H40N2.C48H30F2N2/c1-3-15-43(16-4-1)49-19-7-9-21-51(49)45-31-37-55-53-23-11-13-25-57(53)61(59(55)39-45)47-33-27-41(28-34-47)42-29-35-48(36-30-42)62-58-26-14-12-24-54(58)56-38-32-46(40-60(56)62)52-22-10-8-20-50(52)44-17-5-2-6-18-44;49-43-13-5-1-9-37(43)33-21-27-47-41(29-33)39-11-3-7-15-45(39)51(47)35-23-17-31(18-24-35)32-19-25-36(26-20-32)52-46-16-8-4-12-40(46)42-30-34(22-28-48(42)52)38-10-2-6-14-44(38)50/h1-40H;1-30H. The molecule has 22 rings (SSSR count). The van der Waals surface area contributed by atoms with Crippen molar-refractivity contribution in [2.24, 2.45) is 0 Å². The zero-order chi connectivity index (χ0) is 75.7.